The first-order chi connectivity index (χ1) is 14.2. The van der Waals surface area contributed by atoms with Crippen LogP contribution in [0.5, 0.6) is 0 Å². The van der Waals surface area contributed by atoms with Gasteiger partial charge in [-0.1, -0.05) is 75.6 Å². The highest BCUT2D eigenvalue weighted by Crippen LogP contribution is 2.43. The van der Waals surface area contributed by atoms with Crippen molar-refractivity contribution in [2.24, 2.45) is 23.7 Å². The van der Waals surface area contributed by atoms with Gasteiger partial charge in [0.1, 0.15) is 11.9 Å². The number of hydrogen-bond donors (Lipinski definition) is 0. The normalized spacial score (nSPS) is 32.3. The Bertz CT molecular complexity index is 655. The summed E-state index contributed by atoms with van der Waals surface area (Å²) >= 11 is 6.24. The fourth-order valence-corrected chi connectivity index (χ4v) is 6.33. The van der Waals surface area contributed by atoms with E-state index < -0.39 is 0 Å². The maximum Gasteiger partial charge on any atom is 0.145 e. The molecular weight excluding hydrogens is 383 g/mol. The van der Waals surface area contributed by atoms with Gasteiger partial charge in [-0.2, -0.15) is 0 Å². The molecular formula is C26H38ClFO. The third kappa shape index (κ3) is 5.56. The number of halogens is 2. The summed E-state index contributed by atoms with van der Waals surface area (Å²) in [7, 11) is 0. The molecule has 2 saturated carbocycles. The molecule has 0 bridgehead atoms. The van der Waals surface area contributed by atoms with Gasteiger partial charge in [0.15, 0.2) is 0 Å². The van der Waals surface area contributed by atoms with Gasteiger partial charge < -0.3 is 4.74 Å². The molecule has 4 rings (SSSR count). The van der Waals surface area contributed by atoms with E-state index in [1.54, 1.807) is 0 Å². The van der Waals surface area contributed by atoms with Crippen molar-refractivity contribution in [3.8, 4) is 0 Å². The van der Waals surface area contributed by atoms with Gasteiger partial charge in [-0.15, -0.1) is 0 Å². The number of epoxide rings is 1. The lowest BCUT2D eigenvalue weighted by molar-refractivity contribution is 0.140. The van der Waals surface area contributed by atoms with E-state index in [0.29, 0.717) is 6.61 Å². The third-order valence-corrected chi connectivity index (χ3v) is 8.49. The standard InChI is InChI=1S/C26H38ClFO/c1-2-3-4-18-5-10-20(11-6-18)21-12-7-19(8-13-21)9-14-22-15-16-23(24-17-29-24)25(27)26(22)28/h15-16,18-21,24H,2-14,17H2,1H3. The third-order valence-electron chi connectivity index (χ3n) is 8.11. The van der Waals surface area contributed by atoms with Gasteiger partial charge in [0, 0.05) is 5.56 Å². The first kappa shape index (κ1) is 21.6. The van der Waals surface area contributed by atoms with Crippen LogP contribution in [0.15, 0.2) is 12.1 Å². The van der Waals surface area contributed by atoms with Crippen LogP contribution in [0.3, 0.4) is 0 Å². The fourth-order valence-electron chi connectivity index (χ4n) is 6.02. The smallest absolute Gasteiger partial charge is 0.145 e. The van der Waals surface area contributed by atoms with Crippen LogP contribution in [-0.4, -0.2) is 6.61 Å². The minimum atomic E-state index is -0.215. The van der Waals surface area contributed by atoms with Crippen LogP contribution in [0, 0.1) is 29.5 Å². The molecule has 2 aliphatic carbocycles. The molecule has 0 spiro atoms. The van der Waals surface area contributed by atoms with Crippen LogP contribution in [0.1, 0.15) is 101 Å². The van der Waals surface area contributed by atoms with Crippen molar-refractivity contribution in [3.05, 3.63) is 34.1 Å². The predicted molar refractivity (Wildman–Crippen MR) is 119 cm³/mol. The molecule has 3 heteroatoms. The second-order valence-electron chi connectivity index (χ2n) is 10.0. The zero-order valence-corrected chi connectivity index (χ0v) is 18.9. The van der Waals surface area contributed by atoms with Crippen molar-refractivity contribution in [2.75, 3.05) is 6.61 Å². The Morgan fingerprint density at radius 1 is 0.931 bits per heavy atom. The van der Waals surface area contributed by atoms with Crippen LogP contribution in [0.4, 0.5) is 4.39 Å². The summed E-state index contributed by atoms with van der Waals surface area (Å²) in [5.41, 5.74) is 1.60. The Kier molecular flexibility index (Phi) is 7.56. The van der Waals surface area contributed by atoms with Crippen molar-refractivity contribution in [2.45, 2.75) is 96.5 Å². The fraction of sp³-hybridized carbons (Fsp3) is 0.769. The largest absolute Gasteiger partial charge is 0.368 e. The molecule has 1 unspecified atom stereocenters. The lowest BCUT2D eigenvalue weighted by Gasteiger charge is -2.38. The van der Waals surface area contributed by atoms with Crippen molar-refractivity contribution >= 4 is 11.6 Å². The van der Waals surface area contributed by atoms with Gasteiger partial charge in [-0.05, 0) is 67.8 Å². The van der Waals surface area contributed by atoms with Gasteiger partial charge in [0.05, 0.1) is 11.6 Å². The van der Waals surface area contributed by atoms with Gasteiger partial charge in [-0.3, -0.25) is 0 Å². The molecule has 0 aromatic heterocycles. The van der Waals surface area contributed by atoms with E-state index in [9.17, 15) is 4.39 Å². The summed E-state index contributed by atoms with van der Waals surface area (Å²) in [6.07, 6.45) is 17.5. The first-order valence-corrected chi connectivity index (χ1v) is 12.6. The highest BCUT2D eigenvalue weighted by atomic mass is 35.5. The van der Waals surface area contributed by atoms with Crippen LogP contribution in [0.2, 0.25) is 5.02 Å². The monoisotopic (exact) mass is 420 g/mol. The van der Waals surface area contributed by atoms with Crippen LogP contribution >= 0.6 is 11.6 Å². The minimum absolute atomic E-state index is 0.0167. The predicted octanol–water partition coefficient (Wildman–Crippen LogP) is 8.29. The number of aryl methyl sites for hydroxylation is 1. The Morgan fingerprint density at radius 2 is 1.52 bits per heavy atom. The Hall–Kier alpha value is -0.600. The summed E-state index contributed by atoms with van der Waals surface area (Å²) in [6.45, 7) is 2.98. The zero-order chi connectivity index (χ0) is 20.2. The van der Waals surface area contributed by atoms with E-state index in [-0.39, 0.29) is 16.9 Å². The molecule has 3 fully saturated rings. The van der Waals surface area contributed by atoms with Gasteiger partial charge in [0.25, 0.3) is 0 Å². The quantitative estimate of drug-likeness (QED) is 0.385. The highest BCUT2D eigenvalue weighted by Gasteiger charge is 2.31. The number of hydrogen-bond acceptors (Lipinski definition) is 1. The minimum Gasteiger partial charge on any atom is -0.368 e. The molecule has 1 atom stereocenters. The van der Waals surface area contributed by atoms with Crippen LogP contribution in [-0.2, 0) is 11.2 Å². The molecule has 0 radical (unpaired) electrons. The van der Waals surface area contributed by atoms with E-state index in [4.69, 9.17) is 16.3 Å². The molecule has 1 aromatic rings. The lowest BCUT2D eigenvalue weighted by Crippen LogP contribution is -2.26. The maximum absolute atomic E-state index is 14.6. The lowest BCUT2D eigenvalue weighted by atomic mass is 9.68. The van der Waals surface area contributed by atoms with Crippen LogP contribution < -0.4 is 0 Å². The topological polar surface area (TPSA) is 12.5 Å². The Balaban J connectivity index is 1.19. The first-order valence-electron chi connectivity index (χ1n) is 12.2. The molecule has 1 heterocycles. The molecule has 1 aromatic carbocycles. The average Bonchev–Trinajstić information content (AvgIpc) is 3.59. The number of unbranched alkanes of at least 4 members (excludes halogenated alkanes) is 1. The number of benzene rings is 1. The number of ether oxygens (including phenoxy) is 1. The second kappa shape index (κ2) is 10.1. The summed E-state index contributed by atoms with van der Waals surface area (Å²) in [4.78, 5) is 0. The second-order valence-corrected chi connectivity index (χ2v) is 10.4. The van der Waals surface area contributed by atoms with Gasteiger partial charge in [-0.25, -0.2) is 4.39 Å². The van der Waals surface area contributed by atoms with Crippen LogP contribution in [0.25, 0.3) is 0 Å². The van der Waals surface area contributed by atoms with Crippen molar-refractivity contribution in [1.82, 2.24) is 0 Å². The summed E-state index contributed by atoms with van der Waals surface area (Å²) in [5, 5.41) is 0.281. The Morgan fingerprint density at radius 3 is 2.07 bits per heavy atom. The molecule has 1 saturated heterocycles. The maximum atomic E-state index is 14.6. The molecule has 1 aliphatic heterocycles. The SMILES string of the molecule is CCCCC1CCC(C2CCC(CCc3ccc(C4CO4)c(Cl)c3F)CC2)CC1. The molecule has 29 heavy (non-hydrogen) atoms. The average molecular weight is 421 g/mol. The zero-order valence-electron chi connectivity index (χ0n) is 18.1. The molecule has 3 aliphatic rings. The van der Waals surface area contributed by atoms with E-state index in [1.165, 1.54) is 70.6 Å². The summed E-state index contributed by atoms with van der Waals surface area (Å²) in [6, 6.07) is 3.90. The van der Waals surface area contributed by atoms with Gasteiger partial charge in [0.2, 0.25) is 0 Å². The van der Waals surface area contributed by atoms with E-state index >= 15 is 0 Å². The summed E-state index contributed by atoms with van der Waals surface area (Å²) in [5.74, 6) is 3.51. The van der Waals surface area contributed by atoms with E-state index in [2.05, 4.69) is 6.92 Å². The van der Waals surface area contributed by atoms with Crippen molar-refractivity contribution in [1.29, 1.82) is 0 Å². The molecule has 1 nitrogen and oxygen atoms in total. The van der Waals surface area contributed by atoms with Crippen molar-refractivity contribution < 1.29 is 9.13 Å². The molecule has 0 N–H and O–H groups in total. The molecule has 162 valence electrons. The van der Waals surface area contributed by atoms with E-state index in [0.717, 1.165) is 47.6 Å². The van der Waals surface area contributed by atoms with E-state index in [1.807, 2.05) is 12.1 Å². The number of rotatable bonds is 8. The Labute approximate surface area is 181 Å². The van der Waals surface area contributed by atoms with Gasteiger partial charge >= 0.3 is 0 Å². The van der Waals surface area contributed by atoms with Crippen molar-refractivity contribution in [3.63, 3.8) is 0 Å². The molecule has 0 amide bonds. The summed E-state index contributed by atoms with van der Waals surface area (Å²) < 4.78 is 19.9. The highest BCUT2D eigenvalue weighted by molar-refractivity contribution is 6.31.